The molecule has 0 spiro atoms. The van der Waals surface area contributed by atoms with Gasteiger partial charge in [0.05, 0.1) is 10.5 Å². The molecule has 0 saturated heterocycles. The molecule has 0 heterocycles. The zero-order valence-corrected chi connectivity index (χ0v) is 9.58. The molecule has 0 amide bonds. The average Bonchev–Trinajstić information content (AvgIpc) is 2.15. The highest BCUT2D eigenvalue weighted by molar-refractivity contribution is 8.14. The fourth-order valence-corrected chi connectivity index (χ4v) is 2.54. The number of carbonyl (C=O) groups excluding carboxylic acids is 1. The minimum absolute atomic E-state index is 0.0447. The van der Waals surface area contributed by atoms with Crippen molar-refractivity contribution >= 4 is 25.7 Å². The third-order valence-electron chi connectivity index (χ3n) is 2.11. The van der Waals surface area contributed by atoms with Gasteiger partial charge in [-0.1, -0.05) is 6.08 Å². The molecule has 6 nitrogen and oxygen atoms in total. The second kappa shape index (κ2) is 4.21. The summed E-state index contributed by atoms with van der Waals surface area (Å²) < 4.78 is 22.2. The van der Waals surface area contributed by atoms with Crippen LogP contribution in [0.2, 0.25) is 0 Å². The van der Waals surface area contributed by atoms with Gasteiger partial charge in [0.2, 0.25) is 9.05 Å². The lowest BCUT2D eigenvalue weighted by Gasteiger charge is -2.14. The van der Waals surface area contributed by atoms with E-state index in [0.29, 0.717) is 0 Å². The van der Waals surface area contributed by atoms with Crippen LogP contribution in [0.4, 0.5) is 0 Å². The first-order valence-corrected chi connectivity index (χ1v) is 6.38. The van der Waals surface area contributed by atoms with Crippen molar-refractivity contribution in [1.82, 2.24) is 0 Å². The quantitative estimate of drug-likeness (QED) is 0.318. The smallest absolute Gasteiger partial charge is 0.258 e. The van der Waals surface area contributed by atoms with Crippen LogP contribution in [0.25, 0.3) is 0 Å². The second-order valence-electron chi connectivity index (χ2n) is 3.04. The Morgan fingerprint density at radius 2 is 2.12 bits per heavy atom. The molecule has 1 aliphatic carbocycles. The summed E-state index contributed by atoms with van der Waals surface area (Å²) in [6.45, 7) is 1.27. The van der Waals surface area contributed by atoms with E-state index in [1.807, 2.05) is 0 Å². The highest BCUT2D eigenvalue weighted by Crippen LogP contribution is 2.29. The third kappa shape index (κ3) is 2.21. The van der Waals surface area contributed by atoms with Gasteiger partial charge in [-0.25, -0.2) is 13.2 Å². The summed E-state index contributed by atoms with van der Waals surface area (Å²) in [6.07, 6.45) is 2.01. The molecule has 0 saturated carbocycles. The van der Waals surface area contributed by atoms with E-state index in [4.69, 9.17) is 10.7 Å². The van der Waals surface area contributed by atoms with Crippen molar-refractivity contribution in [2.75, 3.05) is 0 Å². The molecular formula is C8H6ClNO5S. The van der Waals surface area contributed by atoms with Gasteiger partial charge in [0.15, 0.2) is 0 Å². The van der Waals surface area contributed by atoms with Crippen molar-refractivity contribution in [3.63, 3.8) is 0 Å². The third-order valence-corrected chi connectivity index (χ3v) is 3.69. The Hall–Kier alpha value is -1.43. The van der Waals surface area contributed by atoms with Gasteiger partial charge in [0.1, 0.15) is 11.2 Å². The van der Waals surface area contributed by atoms with E-state index in [1.54, 1.807) is 0 Å². The number of hydrogen-bond donors (Lipinski definition) is 0. The van der Waals surface area contributed by atoms with Crippen molar-refractivity contribution in [3.8, 4) is 0 Å². The minimum Gasteiger partial charge on any atom is -0.258 e. The lowest BCUT2D eigenvalue weighted by molar-refractivity contribution is -0.420. The standard InChI is InChI=1S/C8H6ClNO5S/c1-5-6(4-11)8(16(9,14)15)3-2-7(5)10(12)13/h2-3,8H,1H3. The summed E-state index contributed by atoms with van der Waals surface area (Å²) in [6, 6.07) is 0. The molecule has 86 valence electrons. The molecule has 1 aliphatic rings. The molecular weight excluding hydrogens is 258 g/mol. The predicted molar refractivity (Wildman–Crippen MR) is 56.6 cm³/mol. The molecule has 0 aromatic rings. The number of nitrogens with zero attached hydrogens (tertiary/aromatic N) is 1. The molecule has 0 aliphatic heterocycles. The van der Waals surface area contributed by atoms with Crippen LogP contribution in [-0.4, -0.2) is 24.5 Å². The molecule has 1 unspecified atom stereocenters. The molecule has 16 heavy (non-hydrogen) atoms. The van der Waals surface area contributed by atoms with E-state index in [0.717, 1.165) is 12.2 Å². The van der Waals surface area contributed by atoms with E-state index in [2.05, 4.69) is 0 Å². The topological polar surface area (TPSA) is 94.3 Å². The van der Waals surface area contributed by atoms with Gasteiger partial charge >= 0.3 is 0 Å². The molecule has 0 fully saturated rings. The summed E-state index contributed by atoms with van der Waals surface area (Å²) in [5, 5.41) is 9.17. The van der Waals surface area contributed by atoms with Gasteiger partial charge in [-0.05, 0) is 6.92 Å². The van der Waals surface area contributed by atoms with E-state index >= 15 is 0 Å². The lowest BCUT2D eigenvalue weighted by Crippen LogP contribution is -2.22. The van der Waals surface area contributed by atoms with E-state index in [1.165, 1.54) is 12.9 Å². The maximum absolute atomic E-state index is 11.1. The van der Waals surface area contributed by atoms with Crippen LogP contribution in [0.15, 0.2) is 29.0 Å². The van der Waals surface area contributed by atoms with E-state index in [-0.39, 0.29) is 16.8 Å². The number of allylic oxidation sites excluding steroid dienone is 2. The SMILES string of the molecule is CC1=C([N+](=O)[O-])C=CC(S(=O)(=O)Cl)C1=C=O. The molecule has 0 radical (unpaired) electrons. The van der Waals surface area contributed by atoms with Gasteiger partial charge in [-0.2, -0.15) is 0 Å². The van der Waals surface area contributed by atoms with Gasteiger partial charge in [0, 0.05) is 22.3 Å². The van der Waals surface area contributed by atoms with Crippen molar-refractivity contribution in [3.05, 3.63) is 39.1 Å². The number of nitro groups is 1. The fourth-order valence-electron chi connectivity index (χ4n) is 1.32. The van der Waals surface area contributed by atoms with Crippen LogP contribution in [0.5, 0.6) is 0 Å². The van der Waals surface area contributed by atoms with Gasteiger partial charge in [0.25, 0.3) is 5.70 Å². The Balaban J connectivity index is 3.41. The number of rotatable bonds is 2. The Bertz CT molecular complexity index is 553. The van der Waals surface area contributed by atoms with Crippen LogP contribution in [0.1, 0.15) is 6.92 Å². The predicted octanol–water partition coefficient (Wildman–Crippen LogP) is 0.802. The van der Waals surface area contributed by atoms with Crippen LogP contribution < -0.4 is 0 Å². The van der Waals surface area contributed by atoms with Crippen LogP contribution in [0.3, 0.4) is 0 Å². The molecule has 0 aromatic carbocycles. The van der Waals surface area contributed by atoms with Crippen molar-refractivity contribution in [1.29, 1.82) is 0 Å². The second-order valence-corrected chi connectivity index (χ2v) is 5.79. The molecule has 0 N–H and O–H groups in total. The lowest BCUT2D eigenvalue weighted by atomic mass is 9.98. The highest BCUT2D eigenvalue weighted by atomic mass is 35.7. The highest BCUT2D eigenvalue weighted by Gasteiger charge is 2.34. The first kappa shape index (κ1) is 12.6. The molecule has 1 rings (SSSR count). The zero-order valence-electron chi connectivity index (χ0n) is 8.01. The zero-order chi connectivity index (χ0) is 12.5. The monoisotopic (exact) mass is 263 g/mol. The van der Waals surface area contributed by atoms with Gasteiger partial charge in [-0.3, -0.25) is 10.1 Å². The molecule has 1 atom stereocenters. The Morgan fingerprint density at radius 1 is 1.56 bits per heavy atom. The van der Waals surface area contributed by atoms with E-state index in [9.17, 15) is 23.3 Å². The number of halogens is 1. The van der Waals surface area contributed by atoms with E-state index < -0.39 is 19.2 Å². The molecule has 0 aromatic heterocycles. The minimum atomic E-state index is -4.04. The first-order valence-electron chi connectivity index (χ1n) is 4.01. The number of hydrogen-bond acceptors (Lipinski definition) is 5. The van der Waals surface area contributed by atoms with Crippen molar-refractivity contribution < 1.29 is 18.1 Å². The summed E-state index contributed by atoms with van der Waals surface area (Å²) in [7, 11) is 1.07. The normalized spacial score (nSPS) is 20.9. The summed E-state index contributed by atoms with van der Waals surface area (Å²) in [4.78, 5) is 20.5. The van der Waals surface area contributed by atoms with Crippen LogP contribution in [-0.2, 0) is 13.8 Å². The van der Waals surface area contributed by atoms with Crippen molar-refractivity contribution in [2.45, 2.75) is 12.2 Å². The maximum atomic E-state index is 11.1. The summed E-state index contributed by atoms with van der Waals surface area (Å²) in [5.74, 6) is 1.38. The van der Waals surface area contributed by atoms with Crippen LogP contribution in [0, 0.1) is 10.1 Å². The summed E-state index contributed by atoms with van der Waals surface area (Å²) in [5.41, 5.74) is -0.712. The van der Waals surface area contributed by atoms with Crippen LogP contribution >= 0.6 is 10.7 Å². The maximum Gasteiger partial charge on any atom is 0.273 e. The summed E-state index contributed by atoms with van der Waals surface area (Å²) >= 11 is 0. The van der Waals surface area contributed by atoms with Crippen molar-refractivity contribution in [2.24, 2.45) is 0 Å². The van der Waals surface area contributed by atoms with Gasteiger partial charge in [-0.15, -0.1) is 0 Å². The fraction of sp³-hybridized carbons (Fsp3) is 0.250. The Morgan fingerprint density at radius 3 is 2.50 bits per heavy atom. The first-order chi connectivity index (χ1) is 7.29. The Labute approximate surface area is 95.5 Å². The Kier molecular flexibility index (Phi) is 3.32. The molecule has 8 heteroatoms. The molecule has 0 bridgehead atoms. The average molecular weight is 264 g/mol. The van der Waals surface area contributed by atoms with Gasteiger partial charge < -0.3 is 0 Å². The largest absolute Gasteiger partial charge is 0.273 e.